The van der Waals surface area contributed by atoms with Crippen LogP contribution in [0.5, 0.6) is 5.75 Å². The molecule has 30 heavy (non-hydrogen) atoms. The molecule has 2 amide bonds. The van der Waals surface area contributed by atoms with Crippen molar-refractivity contribution in [1.82, 2.24) is 10.2 Å². The molecule has 0 aliphatic carbocycles. The molecule has 10 heteroatoms. The maximum atomic E-state index is 12.5. The van der Waals surface area contributed by atoms with E-state index in [1.807, 2.05) is 25.1 Å². The molecule has 0 unspecified atom stereocenters. The number of nitrogens with one attached hydrogen (secondary N) is 2. The zero-order chi connectivity index (χ0) is 21.5. The van der Waals surface area contributed by atoms with Gasteiger partial charge in [0.1, 0.15) is 5.75 Å². The Hall–Kier alpha value is -2.43. The predicted octanol–water partition coefficient (Wildman–Crippen LogP) is 5.07. The number of rotatable bonds is 8. The molecule has 1 heterocycles. The summed E-state index contributed by atoms with van der Waals surface area (Å²) in [6.07, 6.45) is 0. The molecular formula is C20H19BrN4O3S2. The van der Waals surface area contributed by atoms with Crippen molar-refractivity contribution in [2.75, 3.05) is 17.2 Å². The molecule has 7 nitrogen and oxygen atoms in total. The first kappa shape index (κ1) is 22.3. The molecule has 1 atom stereocenters. The van der Waals surface area contributed by atoms with Crippen LogP contribution in [0.4, 0.5) is 10.8 Å². The van der Waals surface area contributed by atoms with Gasteiger partial charge in [-0.25, -0.2) is 0 Å². The van der Waals surface area contributed by atoms with Crippen molar-refractivity contribution < 1.29 is 14.3 Å². The zero-order valence-electron chi connectivity index (χ0n) is 16.2. The summed E-state index contributed by atoms with van der Waals surface area (Å²) in [7, 11) is 0. The third-order valence-corrected chi connectivity index (χ3v) is 6.54. The van der Waals surface area contributed by atoms with Crippen LogP contribution in [0.15, 0.2) is 57.3 Å². The van der Waals surface area contributed by atoms with Gasteiger partial charge in [-0.05, 0) is 66.2 Å². The van der Waals surface area contributed by atoms with Crippen molar-refractivity contribution in [3.63, 3.8) is 0 Å². The van der Waals surface area contributed by atoms with Crippen LogP contribution in [0, 0.1) is 0 Å². The summed E-state index contributed by atoms with van der Waals surface area (Å²) >= 11 is 5.85. The molecule has 1 aromatic heterocycles. The second-order valence-corrected chi connectivity index (χ2v) is 9.43. The Kier molecular flexibility index (Phi) is 7.83. The maximum Gasteiger partial charge on any atom is 0.258 e. The van der Waals surface area contributed by atoms with Gasteiger partial charge in [-0.2, -0.15) is 0 Å². The summed E-state index contributed by atoms with van der Waals surface area (Å²) in [5.41, 5.74) is 1.19. The first-order valence-corrected chi connectivity index (χ1v) is 11.5. The van der Waals surface area contributed by atoms with Crippen LogP contribution >= 0.6 is 39.0 Å². The van der Waals surface area contributed by atoms with Crippen molar-refractivity contribution in [2.24, 2.45) is 0 Å². The van der Waals surface area contributed by atoms with E-state index >= 15 is 0 Å². The topological polar surface area (TPSA) is 93.2 Å². The largest absolute Gasteiger partial charge is 0.494 e. The van der Waals surface area contributed by atoms with Crippen LogP contribution in [0.3, 0.4) is 0 Å². The van der Waals surface area contributed by atoms with Gasteiger partial charge in [0.2, 0.25) is 11.0 Å². The number of anilines is 2. The molecule has 0 fully saturated rings. The molecular weight excluding hydrogens is 488 g/mol. The number of benzene rings is 2. The van der Waals surface area contributed by atoms with Crippen molar-refractivity contribution in [1.29, 1.82) is 0 Å². The molecule has 0 saturated heterocycles. The van der Waals surface area contributed by atoms with Crippen LogP contribution in [-0.4, -0.2) is 33.9 Å². The lowest BCUT2D eigenvalue weighted by atomic mass is 10.2. The monoisotopic (exact) mass is 506 g/mol. The third-order valence-electron chi connectivity index (χ3n) is 3.83. The first-order valence-electron chi connectivity index (χ1n) is 9.06. The fourth-order valence-corrected chi connectivity index (χ4v) is 4.72. The molecule has 156 valence electrons. The Morgan fingerprint density at radius 1 is 1.13 bits per heavy atom. The molecule has 0 saturated carbocycles. The molecule has 0 aliphatic rings. The molecule has 0 bridgehead atoms. The van der Waals surface area contributed by atoms with E-state index in [1.54, 1.807) is 37.3 Å². The maximum absolute atomic E-state index is 12.5. The van der Waals surface area contributed by atoms with E-state index in [0.717, 1.165) is 5.75 Å². The van der Waals surface area contributed by atoms with Crippen LogP contribution in [0.2, 0.25) is 0 Å². The van der Waals surface area contributed by atoms with Crippen LogP contribution in [0.1, 0.15) is 24.2 Å². The number of carbonyl (C=O) groups excluding carboxylic acids is 2. The van der Waals surface area contributed by atoms with Gasteiger partial charge in [-0.1, -0.05) is 35.2 Å². The van der Waals surface area contributed by atoms with Crippen molar-refractivity contribution >= 4 is 61.7 Å². The Labute approximate surface area is 190 Å². The SMILES string of the molecule is CCOc1ccc(NC(=O)[C@@H](C)Sc2nnc(NC(=O)c3ccccc3Br)s2)cc1. The predicted molar refractivity (Wildman–Crippen MR) is 124 cm³/mol. The lowest BCUT2D eigenvalue weighted by molar-refractivity contribution is -0.115. The van der Waals surface area contributed by atoms with E-state index in [4.69, 9.17) is 4.74 Å². The number of carbonyl (C=O) groups is 2. The van der Waals surface area contributed by atoms with Gasteiger partial charge < -0.3 is 10.1 Å². The van der Waals surface area contributed by atoms with Gasteiger partial charge in [-0.15, -0.1) is 10.2 Å². The standard InChI is InChI=1S/C20H19BrN4O3S2/c1-3-28-14-10-8-13(9-11-14)22-17(26)12(2)29-20-25-24-19(30-20)23-18(27)15-6-4-5-7-16(15)21/h4-12H,3H2,1-2H3,(H,22,26)(H,23,24,27)/t12-/m1/s1. The Morgan fingerprint density at radius 3 is 2.57 bits per heavy atom. The second-order valence-electron chi connectivity index (χ2n) is 6.01. The molecule has 2 aromatic carbocycles. The van der Waals surface area contributed by atoms with Crippen molar-refractivity contribution in [2.45, 2.75) is 23.4 Å². The molecule has 3 rings (SSSR count). The van der Waals surface area contributed by atoms with Gasteiger partial charge in [0.05, 0.1) is 17.4 Å². The zero-order valence-corrected chi connectivity index (χ0v) is 19.4. The van der Waals surface area contributed by atoms with Gasteiger partial charge >= 0.3 is 0 Å². The first-order chi connectivity index (χ1) is 14.5. The second kappa shape index (κ2) is 10.6. The Bertz CT molecular complexity index is 1030. The molecule has 3 aromatic rings. The normalized spacial score (nSPS) is 11.6. The summed E-state index contributed by atoms with van der Waals surface area (Å²) in [6.45, 7) is 4.29. The number of nitrogens with zero attached hydrogens (tertiary/aromatic N) is 2. The lowest BCUT2D eigenvalue weighted by Gasteiger charge is -2.11. The van der Waals surface area contributed by atoms with Gasteiger partial charge in [0.15, 0.2) is 4.34 Å². The Morgan fingerprint density at radius 2 is 1.87 bits per heavy atom. The molecule has 0 radical (unpaired) electrons. The van der Waals surface area contributed by atoms with E-state index < -0.39 is 5.25 Å². The lowest BCUT2D eigenvalue weighted by Crippen LogP contribution is -2.22. The van der Waals surface area contributed by atoms with Gasteiger partial charge in [-0.3, -0.25) is 14.9 Å². The minimum atomic E-state index is -0.392. The number of ether oxygens (including phenoxy) is 1. The number of amides is 2. The average Bonchev–Trinajstić information content (AvgIpc) is 3.16. The molecule has 0 spiro atoms. The summed E-state index contributed by atoms with van der Waals surface area (Å²) in [4.78, 5) is 24.8. The highest BCUT2D eigenvalue weighted by Crippen LogP contribution is 2.30. The summed E-state index contributed by atoms with van der Waals surface area (Å²) in [5, 5.41) is 13.6. The van der Waals surface area contributed by atoms with Gasteiger partial charge in [0, 0.05) is 10.2 Å². The summed E-state index contributed by atoms with van der Waals surface area (Å²) in [6, 6.07) is 14.3. The van der Waals surface area contributed by atoms with Gasteiger partial charge in [0.25, 0.3) is 5.91 Å². The number of halogens is 1. The highest BCUT2D eigenvalue weighted by Gasteiger charge is 2.18. The minimum Gasteiger partial charge on any atom is -0.494 e. The summed E-state index contributed by atoms with van der Waals surface area (Å²) in [5.74, 6) is 0.318. The molecule has 0 aliphatic heterocycles. The van der Waals surface area contributed by atoms with Crippen molar-refractivity contribution in [3.05, 3.63) is 58.6 Å². The fraction of sp³-hybridized carbons (Fsp3) is 0.200. The van der Waals surface area contributed by atoms with E-state index in [1.165, 1.54) is 23.1 Å². The average molecular weight is 507 g/mol. The van der Waals surface area contributed by atoms with E-state index in [2.05, 4.69) is 36.8 Å². The highest BCUT2D eigenvalue weighted by atomic mass is 79.9. The smallest absolute Gasteiger partial charge is 0.258 e. The number of hydrogen-bond donors (Lipinski definition) is 2. The van der Waals surface area contributed by atoms with E-state index in [0.29, 0.717) is 31.8 Å². The Balaban J connectivity index is 1.55. The quantitative estimate of drug-likeness (QED) is 0.327. The van der Waals surface area contributed by atoms with Crippen molar-refractivity contribution in [3.8, 4) is 5.75 Å². The fourth-order valence-electron chi connectivity index (χ4n) is 2.37. The molecule has 2 N–H and O–H groups in total. The number of hydrogen-bond acceptors (Lipinski definition) is 7. The number of thioether (sulfide) groups is 1. The van der Waals surface area contributed by atoms with E-state index in [9.17, 15) is 9.59 Å². The van der Waals surface area contributed by atoms with E-state index in [-0.39, 0.29) is 11.8 Å². The van der Waals surface area contributed by atoms with Crippen LogP contribution in [-0.2, 0) is 4.79 Å². The van der Waals surface area contributed by atoms with Crippen LogP contribution in [0.25, 0.3) is 0 Å². The van der Waals surface area contributed by atoms with Crippen LogP contribution < -0.4 is 15.4 Å². The summed E-state index contributed by atoms with van der Waals surface area (Å²) < 4.78 is 6.68. The minimum absolute atomic E-state index is 0.154. The highest BCUT2D eigenvalue weighted by molar-refractivity contribution is 9.10. The third kappa shape index (κ3) is 6.04. The number of aromatic nitrogens is 2.